The number of hydrogen-bond donors (Lipinski definition) is 3. The molecular formula is C35H24O9. The second kappa shape index (κ2) is 13.1. The molecule has 0 aromatic heterocycles. The first kappa shape index (κ1) is 29.2. The summed E-state index contributed by atoms with van der Waals surface area (Å²) in [4.78, 5) is 37.9. The summed E-state index contributed by atoms with van der Waals surface area (Å²) in [6, 6.07) is 28.8. The normalized spacial score (nSPS) is 10.7. The summed E-state index contributed by atoms with van der Waals surface area (Å²) in [6.45, 7) is 0. The average molecular weight is 589 g/mol. The zero-order valence-electron chi connectivity index (χ0n) is 22.9. The van der Waals surface area contributed by atoms with Gasteiger partial charge >= 0.3 is 17.9 Å². The Bertz CT molecular complexity index is 1800. The Labute approximate surface area is 251 Å². The molecule has 0 aliphatic heterocycles. The first-order chi connectivity index (χ1) is 21.3. The molecule has 0 heterocycles. The van der Waals surface area contributed by atoms with Crippen LogP contribution < -0.4 is 14.2 Å². The number of para-hydroxylation sites is 3. The molecule has 0 spiro atoms. The molecule has 5 aromatic rings. The number of hydrogen-bond acceptors (Lipinski definition) is 9. The van der Waals surface area contributed by atoms with Crippen molar-refractivity contribution in [3.63, 3.8) is 0 Å². The smallest absolute Gasteiger partial charge is 0.347 e. The van der Waals surface area contributed by atoms with E-state index in [0.29, 0.717) is 5.56 Å². The van der Waals surface area contributed by atoms with E-state index in [1.807, 2.05) is 0 Å². The first-order valence-corrected chi connectivity index (χ1v) is 13.2. The first-order valence-electron chi connectivity index (χ1n) is 13.2. The molecule has 0 aliphatic carbocycles. The van der Waals surface area contributed by atoms with E-state index in [1.54, 1.807) is 72.8 Å². The van der Waals surface area contributed by atoms with E-state index in [9.17, 15) is 29.7 Å². The Hall–Kier alpha value is -6.35. The minimum atomic E-state index is -0.823. The van der Waals surface area contributed by atoms with Crippen LogP contribution in [0.25, 0.3) is 12.2 Å². The van der Waals surface area contributed by atoms with Crippen LogP contribution in [0.4, 0.5) is 0 Å². The van der Waals surface area contributed by atoms with E-state index in [0.717, 1.165) is 5.56 Å². The van der Waals surface area contributed by atoms with Gasteiger partial charge in [-0.05, 0) is 71.8 Å². The van der Waals surface area contributed by atoms with Crippen molar-refractivity contribution in [2.75, 3.05) is 0 Å². The highest BCUT2D eigenvalue weighted by molar-refractivity contribution is 5.95. The molecule has 0 bridgehead atoms. The molecule has 5 rings (SSSR count). The fourth-order valence-corrected chi connectivity index (χ4v) is 4.07. The van der Waals surface area contributed by atoms with Gasteiger partial charge in [0.05, 0.1) is 0 Å². The van der Waals surface area contributed by atoms with E-state index in [-0.39, 0.29) is 51.2 Å². The second-order valence-corrected chi connectivity index (χ2v) is 9.36. The van der Waals surface area contributed by atoms with Gasteiger partial charge in [-0.25, -0.2) is 14.4 Å². The van der Waals surface area contributed by atoms with Crippen LogP contribution in [0.3, 0.4) is 0 Å². The highest BCUT2D eigenvalue weighted by Gasteiger charge is 2.17. The summed E-state index contributed by atoms with van der Waals surface area (Å²) in [5.41, 5.74) is 1.15. The van der Waals surface area contributed by atoms with Crippen LogP contribution in [-0.2, 0) is 0 Å². The van der Waals surface area contributed by atoms with Crippen molar-refractivity contribution >= 4 is 30.1 Å². The number of rotatable bonds is 8. The number of esters is 3. The Morgan fingerprint density at radius 3 is 1.20 bits per heavy atom. The Morgan fingerprint density at radius 1 is 0.432 bits per heavy atom. The van der Waals surface area contributed by atoms with Crippen molar-refractivity contribution in [1.82, 2.24) is 0 Å². The molecule has 0 saturated carbocycles. The van der Waals surface area contributed by atoms with Gasteiger partial charge in [0.1, 0.15) is 51.2 Å². The lowest BCUT2D eigenvalue weighted by Crippen LogP contribution is -2.11. The molecule has 9 nitrogen and oxygen atoms in total. The third kappa shape index (κ3) is 7.10. The van der Waals surface area contributed by atoms with Crippen molar-refractivity contribution in [3.8, 4) is 34.5 Å². The maximum Gasteiger partial charge on any atom is 0.347 e. The van der Waals surface area contributed by atoms with Crippen LogP contribution in [0.15, 0.2) is 115 Å². The van der Waals surface area contributed by atoms with Gasteiger partial charge in [-0.15, -0.1) is 0 Å². The molecule has 218 valence electrons. The van der Waals surface area contributed by atoms with E-state index in [1.165, 1.54) is 54.6 Å². The molecule has 0 saturated heterocycles. The number of carbonyl (C=O) groups is 3. The number of phenolic OH excluding ortho intramolecular Hbond substituents is 3. The topological polar surface area (TPSA) is 140 Å². The predicted molar refractivity (Wildman–Crippen MR) is 161 cm³/mol. The highest BCUT2D eigenvalue weighted by atomic mass is 16.5. The lowest BCUT2D eigenvalue weighted by Gasteiger charge is -2.11. The van der Waals surface area contributed by atoms with E-state index < -0.39 is 17.9 Å². The van der Waals surface area contributed by atoms with Crippen LogP contribution in [0.5, 0.6) is 34.5 Å². The number of benzene rings is 5. The fraction of sp³-hybridized carbons (Fsp3) is 0. The summed E-state index contributed by atoms with van der Waals surface area (Å²) in [5, 5.41) is 30.0. The minimum absolute atomic E-state index is 0.0342. The Kier molecular flexibility index (Phi) is 8.67. The molecule has 0 fully saturated rings. The van der Waals surface area contributed by atoms with Crippen LogP contribution >= 0.6 is 0 Å². The van der Waals surface area contributed by atoms with Gasteiger partial charge in [0.25, 0.3) is 0 Å². The van der Waals surface area contributed by atoms with Gasteiger partial charge in [0, 0.05) is 6.07 Å². The summed E-state index contributed by atoms with van der Waals surface area (Å²) in [7, 11) is 0. The van der Waals surface area contributed by atoms with Crippen molar-refractivity contribution in [1.29, 1.82) is 0 Å². The average Bonchev–Trinajstić information content (AvgIpc) is 3.01. The molecular weight excluding hydrogens is 564 g/mol. The maximum atomic E-state index is 12.8. The molecule has 0 unspecified atom stereocenters. The van der Waals surface area contributed by atoms with Gasteiger partial charge in [0.15, 0.2) is 0 Å². The van der Waals surface area contributed by atoms with Gasteiger partial charge in [-0.3, -0.25) is 0 Å². The maximum absolute atomic E-state index is 12.8. The Morgan fingerprint density at radius 2 is 0.795 bits per heavy atom. The van der Waals surface area contributed by atoms with Gasteiger partial charge in [-0.2, -0.15) is 0 Å². The number of phenols is 3. The largest absolute Gasteiger partial charge is 0.507 e. The summed E-state index contributed by atoms with van der Waals surface area (Å²) in [6.07, 6.45) is 3.41. The van der Waals surface area contributed by atoms with Gasteiger partial charge in [-0.1, -0.05) is 60.7 Å². The zero-order valence-corrected chi connectivity index (χ0v) is 22.9. The fourth-order valence-electron chi connectivity index (χ4n) is 4.07. The zero-order chi connectivity index (χ0) is 31.1. The molecule has 3 N–H and O–H groups in total. The molecule has 0 radical (unpaired) electrons. The quantitative estimate of drug-likeness (QED) is 0.103. The van der Waals surface area contributed by atoms with Crippen molar-refractivity contribution < 1.29 is 43.9 Å². The molecule has 0 amide bonds. The molecule has 0 aliphatic rings. The molecule has 44 heavy (non-hydrogen) atoms. The van der Waals surface area contributed by atoms with Crippen molar-refractivity contribution in [2.45, 2.75) is 0 Å². The number of ether oxygens (including phenoxy) is 3. The van der Waals surface area contributed by atoms with Crippen molar-refractivity contribution in [2.24, 2.45) is 0 Å². The minimum Gasteiger partial charge on any atom is -0.507 e. The van der Waals surface area contributed by atoms with Gasteiger partial charge < -0.3 is 29.5 Å². The predicted octanol–water partition coefficient (Wildman–Crippen LogP) is 6.63. The van der Waals surface area contributed by atoms with E-state index >= 15 is 0 Å². The molecule has 9 heteroatoms. The lowest BCUT2D eigenvalue weighted by molar-refractivity contribution is 0.0716. The van der Waals surface area contributed by atoms with Gasteiger partial charge in [0.2, 0.25) is 0 Å². The van der Waals surface area contributed by atoms with Crippen molar-refractivity contribution in [3.05, 3.63) is 143 Å². The summed E-state index contributed by atoms with van der Waals surface area (Å²) < 4.78 is 16.3. The van der Waals surface area contributed by atoms with Crippen LogP contribution in [0, 0.1) is 0 Å². The highest BCUT2D eigenvalue weighted by Crippen LogP contribution is 2.28. The summed E-state index contributed by atoms with van der Waals surface area (Å²) in [5.74, 6) is -2.70. The van der Waals surface area contributed by atoms with Crippen LogP contribution in [0.1, 0.15) is 42.2 Å². The number of aromatic hydroxyl groups is 3. The monoisotopic (exact) mass is 588 g/mol. The van der Waals surface area contributed by atoms with Crippen LogP contribution in [0.2, 0.25) is 0 Å². The van der Waals surface area contributed by atoms with E-state index in [2.05, 4.69) is 0 Å². The number of carbonyl (C=O) groups excluding carboxylic acids is 3. The Balaban J connectivity index is 1.37. The molecule has 0 atom stereocenters. The standard InChI is InChI=1S/C35H24O9/c36-30-10-4-1-7-27(30)33(39)42-24-17-15-22(16-18-24)13-14-23-19-25(43-34(40)28-8-2-5-11-31(28)37)21-26(20-23)44-35(41)29-9-3-6-12-32(29)38/h1-21,36-38H. The van der Waals surface area contributed by atoms with E-state index in [4.69, 9.17) is 14.2 Å². The second-order valence-electron chi connectivity index (χ2n) is 9.36. The summed E-state index contributed by atoms with van der Waals surface area (Å²) >= 11 is 0. The third-order valence-electron chi connectivity index (χ3n) is 6.25. The molecule has 5 aromatic carbocycles. The van der Waals surface area contributed by atoms with Crippen LogP contribution in [-0.4, -0.2) is 33.2 Å². The lowest BCUT2D eigenvalue weighted by atomic mass is 10.1. The SMILES string of the molecule is O=C(Oc1ccc(C=Cc2cc(OC(=O)c3ccccc3O)cc(OC(=O)c3ccccc3O)c2)cc1)c1ccccc1O. The third-order valence-corrected chi connectivity index (χ3v) is 6.25.